The Balaban J connectivity index is 1.68. The van der Waals surface area contributed by atoms with E-state index in [9.17, 15) is 14.7 Å². The van der Waals surface area contributed by atoms with Crippen LogP contribution in [0.1, 0.15) is 23.0 Å². The third kappa shape index (κ3) is 3.36. The molecule has 6 nitrogen and oxygen atoms in total. The zero-order valence-electron chi connectivity index (χ0n) is 16.7. The molecule has 1 aromatic heterocycles. The minimum absolute atomic E-state index is 0.0257. The summed E-state index contributed by atoms with van der Waals surface area (Å²) >= 11 is 0. The minimum atomic E-state index is -0.909. The van der Waals surface area contributed by atoms with E-state index in [1.54, 1.807) is 6.07 Å². The number of carboxylic acid groups (broad SMARTS) is 1. The summed E-state index contributed by atoms with van der Waals surface area (Å²) in [6.07, 6.45) is -0.909. The van der Waals surface area contributed by atoms with Crippen molar-refractivity contribution in [3.05, 3.63) is 100 Å². The third-order valence-corrected chi connectivity index (χ3v) is 6.13. The molecule has 3 aromatic carbocycles. The van der Waals surface area contributed by atoms with Crippen molar-refractivity contribution in [3.63, 3.8) is 0 Å². The number of rotatable bonds is 3. The summed E-state index contributed by atoms with van der Waals surface area (Å²) in [5, 5.41) is 18.1. The van der Waals surface area contributed by atoms with E-state index in [1.807, 2.05) is 60.7 Å². The molecule has 0 radical (unpaired) electrons. The highest BCUT2D eigenvalue weighted by Crippen LogP contribution is 2.43. The van der Waals surface area contributed by atoms with Crippen LogP contribution in [0.5, 0.6) is 0 Å². The maximum absolute atomic E-state index is 12.3. The topological polar surface area (TPSA) is 86.3 Å². The molecule has 1 aliphatic rings. The van der Waals surface area contributed by atoms with Crippen LogP contribution in [0.2, 0.25) is 0 Å². The fourth-order valence-corrected chi connectivity index (χ4v) is 4.67. The predicted octanol–water partition coefficient (Wildman–Crippen LogP) is 4.45. The fraction of sp³-hybridized carbons (Fsp3) is 0.160. The fourth-order valence-electron chi connectivity index (χ4n) is 4.67. The Morgan fingerprint density at radius 2 is 1.52 bits per heavy atom. The first-order valence-corrected chi connectivity index (χ1v) is 10.2. The minimum Gasteiger partial charge on any atom is -0.465 e. The molecule has 2 N–H and O–H groups in total. The lowest BCUT2D eigenvalue weighted by atomic mass is 9.81. The summed E-state index contributed by atoms with van der Waals surface area (Å²) in [6.45, 7) is 0.853. The number of aromatic amines is 1. The van der Waals surface area contributed by atoms with Crippen molar-refractivity contribution in [1.82, 2.24) is 15.1 Å². The van der Waals surface area contributed by atoms with Gasteiger partial charge in [0.1, 0.15) is 0 Å². The van der Waals surface area contributed by atoms with Gasteiger partial charge >= 0.3 is 6.09 Å². The monoisotopic (exact) mass is 411 g/mol. The molecule has 1 fully saturated rings. The molecule has 2 heterocycles. The van der Waals surface area contributed by atoms with Crippen LogP contribution in [0, 0.1) is 0 Å². The van der Waals surface area contributed by atoms with E-state index in [0.29, 0.717) is 24.2 Å². The van der Waals surface area contributed by atoms with E-state index in [-0.39, 0.29) is 17.4 Å². The number of nitrogens with one attached hydrogen (secondary N) is 1. The van der Waals surface area contributed by atoms with E-state index >= 15 is 0 Å². The van der Waals surface area contributed by atoms with Crippen molar-refractivity contribution in [2.75, 3.05) is 13.1 Å². The molecule has 1 amide bonds. The van der Waals surface area contributed by atoms with Gasteiger partial charge in [-0.1, -0.05) is 72.8 Å². The van der Waals surface area contributed by atoms with E-state index in [0.717, 1.165) is 22.1 Å². The van der Waals surface area contributed by atoms with E-state index < -0.39 is 6.09 Å². The molecule has 4 aromatic rings. The van der Waals surface area contributed by atoms with Gasteiger partial charge in [0.15, 0.2) is 0 Å². The first kappa shape index (κ1) is 19.1. The second-order valence-electron chi connectivity index (χ2n) is 7.85. The number of nitrogens with zero attached hydrogens (tertiary/aromatic N) is 2. The lowest BCUT2D eigenvalue weighted by Gasteiger charge is -2.22. The quantitative estimate of drug-likeness (QED) is 0.521. The van der Waals surface area contributed by atoms with Gasteiger partial charge in [-0.3, -0.25) is 4.79 Å². The molecule has 1 aliphatic heterocycles. The number of hydrogen-bond acceptors (Lipinski definition) is 3. The van der Waals surface area contributed by atoms with Gasteiger partial charge in [0.05, 0.1) is 11.1 Å². The molecule has 2 unspecified atom stereocenters. The van der Waals surface area contributed by atoms with Crippen LogP contribution in [0.3, 0.4) is 0 Å². The summed E-state index contributed by atoms with van der Waals surface area (Å²) in [6, 6.07) is 25.4. The summed E-state index contributed by atoms with van der Waals surface area (Å²) in [4.78, 5) is 25.5. The van der Waals surface area contributed by atoms with Gasteiger partial charge in [0, 0.05) is 35.9 Å². The van der Waals surface area contributed by atoms with Crippen molar-refractivity contribution in [2.24, 2.45) is 0 Å². The van der Waals surface area contributed by atoms with Gasteiger partial charge in [-0.2, -0.15) is 5.10 Å². The van der Waals surface area contributed by atoms with Gasteiger partial charge in [0.2, 0.25) is 0 Å². The highest BCUT2D eigenvalue weighted by Gasteiger charge is 2.38. The zero-order valence-corrected chi connectivity index (χ0v) is 16.7. The smallest absolute Gasteiger partial charge is 0.407 e. The first-order valence-electron chi connectivity index (χ1n) is 10.2. The van der Waals surface area contributed by atoms with E-state index in [4.69, 9.17) is 0 Å². The Kier molecular flexibility index (Phi) is 4.75. The third-order valence-electron chi connectivity index (χ3n) is 6.13. The molecule has 0 saturated carbocycles. The van der Waals surface area contributed by atoms with Gasteiger partial charge in [0.25, 0.3) is 5.56 Å². The molecule has 154 valence electrons. The average Bonchev–Trinajstić information content (AvgIpc) is 3.26. The standard InChI is InChI=1S/C25H21N3O3/c29-24-20-13-7-6-12-19(20)23(26-27-24)18-11-5-4-10-17(18)22-15-28(25(30)31)14-21(22)16-8-2-1-3-9-16/h1-13,21-22H,14-15H2,(H,27,29)(H,30,31). The van der Waals surface area contributed by atoms with Crippen molar-refractivity contribution in [3.8, 4) is 11.3 Å². The number of carbonyl (C=O) groups is 1. The molecule has 0 spiro atoms. The van der Waals surface area contributed by atoms with E-state index in [2.05, 4.69) is 22.3 Å². The number of amides is 1. The molecular formula is C25H21N3O3. The molecule has 31 heavy (non-hydrogen) atoms. The summed E-state index contributed by atoms with van der Waals surface area (Å²) in [5.74, 6) is 0.00895. The van der Waals surface area contributed by atoms with Gasteiger partial charge in [-0.25, -0.2) is 9.89 Å². The maximum atomic E-state index is 12.3. The van der Waals surface area contributed by atoms with Gasteiger partial charge in [-0.15, -0.1) is 0 Å². The van der Waals surface area contributed by atoms with Crippen LogP contribution in [-0.2, 0) is 0 Å². The second kappa shape index (κ2) is 7.72. The van der Waals surface area contributed by atoms with Crippen molar-refractivity contribution >= 4 is 16.9 Å². The van der Waals surface area contributed by atoms with Crippen LogP contribution >= 0.6 is 0 Å². The van der Waals surface area contributed by atoms with E-state index in [1.165, 1.54) is 4.90 Å². The number of hydrogen-bond donors (Lipinski definition) is 2. The molecule has 6 heteroatoms. The van der Waals surface area contributed by atoms with Crippen LogP contribution in [0.4, 0.5) is 4.79 Å². The molecule has 1 saturated heterocycles. The Hall–Kier alpha value is -3.93. The Bertz CT molecular complexity index is 1320. The zero-order chi connectivity index (χ0) is 21.4. The lowest BCUT2D eigenvalue weighted by Crippen LogP contribution is -2.26. The number of H-pyrrole nitrogens is 1. The molecule has 5 rings (SSSR count). The molecular weight excluding hydrogens is 390 g/mol. The largest absolute Gasteiger partial charge is 0.465 e. The van der Waals surface area contributed by atoms with Crippen LogP contribution in [0.25, 0.3) is 22.0 Å². The van der Waals surface area contributed by atoms with Gasteiger partial charge < -0.3 is 10.0 Å². The predicted molar refractivity (Wildman–Crippen MR) is 119 cm³/mol. The Morgan fingerprint density at radius 3 is 2.29 bits per heavy atom. The van der Waals surface area contributed by atoms with Crippen LogP contribution in [0.15, 0.2) is 83.7 Å². The maximum Gasteiger partial charge on any atom is 0.407 e. The summed E-state index contributed by atoms with van der Waals surface area (Å²) in [5.41, 5.74) is 3.53. The number of aromatic nitrogens is 2. The normalized spacial score (nSPS) is 18.4. The lowest BCUT2D eigenvalue weighted by molar-refractivity contribution is 0.154. The number of likely N-dealkylation sites (tertiary alicyclic amines) is 1. The molecule has 2 atom stereocenters. The summed E-state index contributed by atoms with van der Waals surface area (Å²) in [7, 11) is 0. The second-order valence-corrected chi connectivity index (χ2v) is 7.85. The van der Waals surface area contributed by atoms with Gasteiger partial charge in [-0.05, 0) is 17.2 Å². The summed E-state index contributed by atoms with van der Waals surface area (Å²) < 4.78 is 0. The highest BCUT2D eigenvalue weighted by atomic mass is 16.4. The Morgan fingerprint density at radius 1 is 0.871 bits per heavy atom. The average molecular weight is 411 g/mol. The Labute approximate surface area is 178 Å². The highest BCUT2D eigenvalue weighted by molar-refractivity contribution is 5.94. The van der Waals surface area contributed by atoms with Crippen LogP contribution in [-0.4, -0.2) is 39.4 Å². The molecule has 0 bridgehead atoms. The first-order chi connectivity index (χ1) is 15.1. The SMILES string of the molecule is O=C(O)N1CC(c2ccccc2)C(c2ccccc2-c2n[nH]c(=O)c3ccccc23)C1. The number of fused-ring (bicyclic) bond motifs is 1. The van der Waals surface area contributed by atoms with Crippen molar-refractivity contribution < 1.29 is 9.90 Å². The van der Waals surface area contributed by atoms with Crippen molar-refractivity contribution in [2.45, 2.75) is 11.8 Å². The van der Waals surface area contributed by atoms with Crippen molar-refractivity contribution in [1.29, 1.82) is 0 Å². The molecule has 0 aliphatic carbocycles. The van der Waals surface area contributed by atoms with Crippen LogP contribution < -0.4 is 5.56 Å². The number of benzene rings is 3.